The van der Waals surface area contributed by atoms with Crippen LogP contribution in [0.25, 0.3) is 0 Å². The molecule has 0 aliphatic rings. The van der Waals surface area contributed by atoms with Gasteiger partial charge in [0, 0.05) is 32.7 Å². The first-order valence-corrected chi connectivity index (χ1v) is 3.60. The van der Waals surface area contributed by atoms with Crippen LogP contribution in [0.2, 0.25) is 0 Å². The third kappa shape index (κ3) is 5.55. The number of hydrogen-bond acceptors (Lipinski definition) is 1. The van der Waals surface area contributed by atoms with E-state index >= 15 is 0 Å². The molecule has 2 heteroatoms. The average Bonchev–Trinajstić information content (AvgIpc) is 1.87. The topological polar surface area (TPSA) is 17.1 Å². The Hall–Kier alpha value is 0.774. The van der Waals surface area contributed by atoms with Gasteiger partial charge in [0.1, 0.15) is 0 Å². The van der Waals surface area contributed by atoms with Crippen molar-refractivity contribution in [1.82, 2.24) is 0 Å². The van der Waals surface area contributed by atoms with Crippen LogP contribution in [0.1, 0.15) is 33.6 Å². The number of hydrogen-bond donors (Lipinski definition) is 0. The monoisotopic (exact) mass is 216 g/mol. The minimum absolute atomic E-state index is 0. The van der Waals surface area contributed by atoms with Gasteiger partial charge in [0.25, 0.3) is 0 Å². The summed E-state index contributed by atoms with van der Waals surface area (Å²) < 4.78 is 0. The fraction of sp³-hybridized carbons (Fsp3) is 0.875. The van der Waals surface area contributed by atoms with Crippen molar-refractivity contribution in [2.24, 2.45) is 11.8 Å². The SMILES string of the molecule is CCCC(C)C(C)[C-]=O.[Y]. The van der Waals surface area contributed by atoms with Gasteiger partial charge < -0.3 is 4.79 Å². The van der Waals surface area contributed by atoms with Gasteiger partial charge >= 0.3 is 0 Å². The molecule has 0 N–H and O–H groups in total. The molecule has 0 aliphatic carbocycles. The van der Waals surface area contributed by atoms with Crippen molar-refractivity contribution in [2.75, 3.05) is 0 Å². The molecule has 0 aromatic carbocycles. The standard InChI is InChI=1S/C8H15O.Y/c1-4-5-7(2)8(3)6-9;/h7-8H,4-5H2,1-3H3;/q-1;. The molecule has 0 saturated heterocycles. The van der Waals surface area contributed by atoms with Crippen LogP contribution in [0.5, 0.6) is 0 Å². The summed E-state index contributed by atoms with van der Waals surface area (Å²) in [4.78, 5) is 10.1. The molecule has 0 rings (SSSR count). The molecule has 2 unspecified atom stereocenters. The predicted molar refractivity (Wildman–Crippen MR) is 38.9 cm³/mol. The van der Waals surface area contributed by atoms with Crippen LogP contribution in [0.4, 0.5) is 0 Å². The fourth-order valence-corrected chi connectivity index (χ4v) is 0.821. The Morgan fingerprint density at radius 1 is 1.40 bits per heavy atom. The van der Waals surface area contributed by atoms with E-state index in [1.165, 1.54) is 0 Å². The molecule has 0 bridgehead atoms. The summed E-state index contributed by atoms with van der Waals surface area (Å²) >= 11 is 0. The van der Waals surface area contributed by atoms with Crippen LogP contribution < -0.4 is 0 Å². The van der Waals surface area contributed by atoms with E-state index in [1.54, 1.807) is 0 Å². The van der Waals surface area contributed by atoms with E-state index in [0.29, 0.717) is 5.92 Å². The molecule has 1 radical (unpaired) electrons. The Morgan fingerprint density at radius 3 is 2.20 bits per heavy atom. The van der Waals surface area contributed by atoms with E-state index in [-0.39, 0.29) is 38.6 Å². The van der Waals surface area contributed by atoms with E-state index < -0.39 is 0 Å². The minimum Gasteiger partial charge on any atom is -0.542 e. The zero-order valence-electron chi connectivity index (χ0n) is 7.05. The zero-order valence-corrected chi connectivity index (χ0v) is 9.89. The predicted octanol–water partition coefficient (Wildman–Crippen LogP) is 2.17. The van der Waals surface area contributed by atoms with Gasteiger partial charge in [0.15, 0.2) is 0 Å². The van der Waals surface area contributed by atoms with E-state index in [0.717, 1.165) is 12.8 Å². The van der Waals surface area contributed by atoms with Gasteiger partial charge in [-0.05, 0) is 0 Å². The normalized spacial score (nSPS) is 15.1. The van der Waals surface area contributed by atoms with Gasteiger partial charge in [-0.2, -0.15) is 0 Å². The van der Waals surface area contributed by atoms with Crippen molar-refractivity contribution >= 4 is 6.29 Å². The Bertz CT molecular complexity index is 83.3. The van der Waals surface area contributed by atoms with Crippen molar-refractivity contribution in [3.63, 3.8) is 0 Å². The Balaban J connectivity index is 0. The van der Waals surface area contributed by atoms with E-state index in [2.05, 4.69) is 13.8 Å². The number of rotatable bonds is 4. The Labute approximate surface area is 88.8 Å². The average molecular weight is 216 g/mol. The van der Waals surface area contributed by atoms with Crippen LogP contribution in [0, 0.1) is 11.8 Å². The Kier molecular flexibility index (Phi) is 10.5. The summed E-state index contributed by atoms with van der Waals surface area (Å²) in [5, 5.41) is 0. The van der Waals surface area contributed by atoms with Gasteiger partial charge in [0.2, 0.25) is 0 Å². The summed E-state index contributed by atoms with van der Waals surface area (Å²) in [6.07, 6.45) is 4.29. The second kappa shape index (κ2) is 7.88. The maximum Gasteiger partial charge on any atom is 0 e. The quantitative estimate of drug-likeness (QED) is 0.658. The first-order valence-electron chi connectivity index (χ1n) is 3.60. The van der Waals surface area contributed by atoms with Crippen LogP contribution in [0.3, 0.4) is 0 Å². The molecule has 0 aromatic rings. The molecule has 57 valence electrons. The van der Waals surface area contributed by atoms with Crippen LogP contribution >= 0.6 is 0 Å². The van der Waals surface area contributed by atoms with Gasteiger partial charge in [-0.1, -0.05) is 39.5 Å². The van der Waals surface area contributed by atoms with Crippen molar-refractivity contribution in [2.45, 2.75) is 33.6 Å². The molecular weight excluding hydrogens is 201 g/mol. The fourth-order valence-electron chi connectivity index (χ4n) is 0.821. The first kappa shape index (κ1) is 13.4. The molecule has 1 nitrogen and oxygen atoms in total. The van der Waals surface area contributed by atoms with Crippen molar-refractivity contribution in [3.05, 3.63) is 0 Å². The van der Waals surface area contributed by atoms with E-state index in [9.17, 15) is 4.79 Å². The maximum absolute atomic E-state index is 10.1. The molecule has 0 amide bonds. The Morgan fingerprint density at radius 2 is 1.90 bits per heavy atom. The van der Waals surface area contributed by atoms with Crippen molar-refractivity contribution in [3.8, 4) is 0 Å². The first-order chi connectivity index (χ1) is 4.22. The van der Waals surface area contributed by atoms with Gasteiger partial charge in [-0.3, -0.25) is 6.29 Å². The molecule has 2 atom stereocenters. The zero-order chi connectivity index (χ0) is 7.28. The van der Waals surface area contributed by atoms with Crippen LogP contribution in [-0.4, -0.2) is 6.29 Å². The smallest absolute Gasteiger partial charge is 0 e. The molecule has 0 heterocycles. The molecule has 10 heavy (non-hydrogen) atoms. The van der Waals surface area contributed by atoms with Crippen LogP contribution in [0.15, 0.2) is 0 Å². The second-order valence-corrected chi connectivity index (χ2v) is 2.67. The third-order valence-electron chi connectivity index (χ3n) is 1.78. The maximum atomic E-state index is 10.1. The summed E-state index contributed by atoms with van der Waals surface area (Å²) in [5.41, 5.74) is 0. The van der Waals surface area contributed by atoms with Gasteiger partial charge in [0.05, 0.1) is 0 Å². The molecule has 0 saturated carbocycles. The van der Waals surface area contributed by atoms with Gasteiger partial charge in [-0.25, -0.2) is 0 Å². The molecule has 0 aromatic heterocycles. The van der Waals surface area contributed by atoms with Crippen LogP contribution in [-0.2, 0) is 37.5 Å². The van der Waals surface area contributed by atoms with E-state index in [4.69, 9.17) is 0 Å². The van der Waals surface area contributed by atoms with Gasteiger partial charge in [-0.15, -0.1) is 5.92 Å². The summed E-state index contributed by atoms with van der Waals surface area (Å²) in [6, 6.07) is 0. The van der Waals surface area contributed by atoms with E-state index in [1.807, 2.05) is 13.2 Å². The molecule has 0 spiro atoms. The summed E-state index contributed by atoms with van der Waals surface area (Å²) in [6.45, 7) is 6.15. The number of carbonyl (C=O) groups excluding carboxylic acids is 1. The minimum atomic E-state index is 0. The summed E-state index contributed by atoms with van der Waals surface area (Å²) in [5.74, 6) is 0.623. The largest absolute Gasteiger partial charge is 0.542 e. The third-order valence-corrected chi connectivity index (χ3v) is 1.78. The summed E-state index contributed by atoms with van der Waals surface area (Å²) in [7, 11) is 0. The molecular formula is C8H15OY-. The second-order valence-electron chi connectivity index (χ2n) is 2.67. The molecule has 0 aliphatic heterocycles. The van der Waals surface area contributed by atoms with Crippen molar-refractivity contribution < 1.29 is 37.5 Å². The van der Waals surface area contributed by atoms with Crippen molar-refractivity contribution in [1.29, 1.82) is 0 Å². The molecule has 0 fully saturated rings.